The van der Waals surface area contributed by atoms with E-state index < -0.39 is 0 Å². The molecule has 0 bridgehead atoms. The second-order valence-corrected chi connectivity index (χ2v) is 4.48. The maximum Gasteiger partial charge on any atom is 0.187 e. The molecule has 0 saturated heterocycles. The zero-order valence-electron chi connectivity index (χ0n) is 10.8. The van der Waals surface area contributed by atoms with Gasteiger partial charge in [0.05, 0.1) is 28.7 Å². The molecule has 0 aliphatic rings. The first-order valence-electron chi connectivity index (χ1n) is 6.01. The molecule has 0 fully saturated rings. The van der Waals surface area contributed by atoms with Gasteiger partial charge in [-0.25, -0.2) is 4.68 Å². The summed E-state index contributed by atoms with van der Waals surface area (Å²) in [7, 11) is 0. The lowest BCUT2D eigenvalue weighted by Gasteiger charge is -2.13. The lowest BCUT2D eigenvalue weighted by atomic mass is 10.0. The predicted molar refractivity (Wildman–Crippen MR) is 73.9 cm³/mol. The van der Waals surface area contributed by atoms with Crippen LogP contribution in [0.15, 0.2) is 12.4 Å². The normalized spacial score (nSPS) is 10.7. The number of nitrogens with one attached hydrogen (secondary N) is 1. The molecule has 0 aliphatic heterocycles. The van der Waals surface area contributed by atoms with Gasteiger partial charge in [-0.1, -0.05) is 25.4 Å². The Hall–Kier alpha value is -1.95. The first-order chi connectivity index (χ1) is 9.08. The Bertz CT molecular complexity index is 619. The van der Waals surface area contributed by atoms with Crippen molar-refractivity contribution in [2.45, 2.75) is 26.7 Å². The van der Waals surface area contributed by atoms with Gasteiger partial charge in [0.1, 0.15) is 5.84 Å². The monoisotopic (exact) mass is 278 g/mol. The summed E-state index contributed by atoms with van der Waals surface area (Å²) in [4.78, 5) is 0. The molecule has 7 heteroatoms. The van der Waals surface area contributed by atoms with Gasteiger partial charge in [-0.2, -0.15) is 10.2 Å². The van der Waals surface area contributed by atoms with Crippen LogP contribution in [0.25, 0.3) is 5.82 Å². The van der Waals surface area contributed by atoms with Gasteiger partial charge in [-0.05, 0) is 18.4 Å². The number of halogens is 1. The summed E-state index contributed by atoms with van der Waals surface area (Å²) < 4.78 is 1.49. The minimum absolute atomic E-state index is 0.0388. The van der Waals surface area contributed by atoms with E-state index in [0.29, 0.717) is 16.4 Å². The Balaban J connectivity index is 2.71. The zero-order chi connectivity index (χ0) is 14.0. The lowest BCUT2D eigenvalue weighted by Crippen LogP contribution is -2.21. The summed E-state index contributed by atoms with van der Waals surface area (Å²) in [5.74, 6) is 0.400. The maximum absolute atomic E-state index is 7.78. The molecular weight excluding hydrogens is 264 g/mol. The molecule has 0 spiro atoms. The Morgan fingerprint density at radius 3 is 2.58 bits per heavy atom. The van der Waals surface area contributed by atoms with Crippen molar-refractivity contribution in [1.29, 1.82) is 5.41 Å². The highest BCUT2D eigenvalue weighted by Gasteiger charge is 2.18. The Labute approximate surface area is 116 Å². The predicted octanol–water partition coefficient (Wildman–Crippen LogP) is 1.72. The Kier molecular flexibility index (Phi) is 3.80. The second kappa shape index (κ2) is 5.36. The van der Waals surface area contributed by atoms with Crippen LogP contribution >= 0.6 is 11.6 Å². The van der Waals surface area contributed by atoms with Crippen LogP contribution in [-0.4, -0.2) is 25.8 Å². The molecule has 19 heavy (non-hydrogen) atoms. The van der Waals surface area contributed by atoms with E-state index in [0.717, 1.165) is 24.1 Å². The molecular formula is C12H15ClN6. The number of nitrogens with zero attached hydrogens (tertiary/aromatic N) is 4. The second-order valence-electron chi connectivity index (χ2n) is 4.05. The molecule has 6 nitrogen and oxygen atoms in total. The number of nitrogen functional groups attached to an aromatic ring is 1. The highest BCUT2D eigenvalue weighted by atomic mass is 35.5. The van der Waals surface area contributed by atoms with E-state index >= 15 is 0 Å². The number of hydrogen-bond donors (Lipinski definition) is 2. The number of nitrogens with two attached hydrogens (primary N) is 1. The molecule has 0 amide bonds. The van der Waals surface area contributed by atoms with Crippen LogP contribution in [0.1, 0.15) is 30.7 Å². The smallest absolute Gasteiger partial charge is 0.187 e. The fraction of sp³-hybridized carbons (Fsp3) is 0.333. The van der Waals surface area contributed by atoms with Crippen molar-refractivity contribution >= 4 is 17.4 Å². The lowest BCUT2D eigenvalue weighted by molar-refractivity contribution is 0.779. The fourth-order valence-corrected chi connectivity index (χ4v) is 2.16. The van der Waals surface area contributed by atoms with Gasteiger partial charge in [-0.3, -0.25) is 5.41 Å². The Morgan fingerprint density at radius 1 is 1.37 bits per heavy atom. The van der Waals surface area contributed by atoms with Gasteiger partial charge < -0.3 is 5.73 Å². The van der Waals surface area contributed by atoms with Crippen LogP contribution in [0.5, 0.6) is 0 Å². The minimum Gasteiger partial charge on any atom is -0.384 e. The molecule has 2 heterocycles. The third kappa shape index (κ3) is 2.44. The number of hydrogen-bond acceptors (Lipinski definition) is 4. The first kappa shape index (κ1) is 13.5. The molecule has 0 unspecified atom stereocenters. The van der Waals surface area contributed by atoms with Crippen molar-refractivity contribution in [3.63, 3.8) is 0 Å². The standard InChI is InChI=1S/C12H15ClN6/c1-3-8-9(4-2)17-18-12(10(8)11(14)15)19-6-7(13)5-16-19/h5-6H,3-4H2,1-2H3,(H3,14,15). The van der Waals surface area contributed by atoms with E-state index in [1.807, 2.05) is 13.8 Å². The number of amidine groups is 1. The molecule has 0 aromatic carbocycles. The third-order valence-electron chi connectivity index (χ3n) is 2.87. The van der Waals surface area contributed by atoms with Gasteiger partial charge in [0.2, 0.25) is 0 Å². The van der Waals surface area contributed by atoms with E-state index in [2.05, 4.69) is 15.3 Å². The van der Waals surface area contributed by atoms with E-state index in [1.165, 1.54) is 10.9 Å². The summed E-state index contributed by atoms with van der Waals surface area (Å²) >= 11 is 5.86. The first-order valence-corrected chi connectivity index (χ1v) is 6.39. The van der Waals surface area contributed by atoms with Crippen LogP contribution < -0.4 is 5.73 Å². The minimum atomic E-state index is -0.0388. The molecule has 100 valence electrons. The van der Waals surface area contributed by atoms with Crippen molar-refractivity contribution < 1.29 is 0 Å². The molecule has 2 aromatic rings. The van der Waals surface area contributed by atoms with Gasteiger partial charge in [0, 0.05) is 0 Å². The highest BCUT2D eigenvalue weighted by molar-refractivity contribution is 6.30. The summed E-state index contributed by atoms with van der Waals surface area (Å²) in [6.45, 7) is 4.00. The number of aryl methyl sites for hydroxylation is 1. The van der Waals surface area contributed by atoms with Gasteiger partial charge in [0.15, 0.2) is 5.82 Å². The Morgan fingerprint density at radius 2 is 2.11 bits per heavy atom. The number of aromatic nitrogens is 4. The highest BCUT2D eigenvalue weighted by Crippen LogP contribution is 2.20. The maximum atomic E-state index is 7.78. The van der Waals surface area contributed by atoms with E-state index in [4.69, 9.17) is 22.7 Å². The molecule has 0 atom stereocenters. The van der Waals surface area contributed by atoms with Gasteiger partial charge in [-0.15, -0.1) is 5.10 Å². The largest absolute Gasteiger partial charge is 0.384 e. The molecule has 0 radical (unpaired) electrons. The molecule has 0 saturated carbocycles. The fourth-order valence-electron chi connectivity index (χ4n) is 2.02. The average molecular weight is 279 g/mol. The molecule has 0 aliphatic carbocycles. The quantitative estimate of drug-likeness (QED) is 0.658. The van der Waals surface area contributed by atoms with Crippen LogP contribution in [0.3, 0.4) is 0 Å². The third-order valence-corrected chi connectivity index (χ3v) is 3.06. The topological polar surface area (TPSA) is 93.5 Å². The average Bonchev–Trinajstić information content (AvgIpc) is 2.83. The van der Waals surface area contributed by atoms with Crippen LogP contribution in [0.4, 0.5) is 0 Å². The zero-order valence-corrected chi connectivity index (χ0v) is 11.6. The summed E-state index contributed by atoms with van der Waals surface area (Å²) in [6, 6.07) is 0. The van der Waals surface area contributed by atoms with Crippen LogP contribution in [0.2, 0.25) is 5.02 Å². The van der Waals surface area contributed by atoms with Crippen molar-refractivity contribution in [3.05, 3.63) is 34.2 Å². The summed E-state index contributed by atoms with van der Waals surface area (Å²) in [5.41, 5.74) is 8.07. The van der Waals surface area contributed by atoms with E-state index in [1.54, 1.807) is 6.20 Å². The van der Waals surface area contributed by atoms with Crippen molar-refractivity contribution in [2.24, 2.45) is 5.73 Å². The van der Waals surface area contributed by atoms with Crippen LogP contribution in [-0.2, 0) is 12.8 Å². The molecule has 2 aromatic heterocycles. The van der Waals surface area contributed by atoms with Crippen molar-refractivity contribution in [3.8, 4) is 5.82 Å². The molecule has 3 N–H and O–H groups in total. The summed E-state index contributed by atoms with van der Waals surface area (Å²) in [6.07, 6.45) is 4.60. The van der Waals surface area contributed by atoms with Crippen molar-refractivity contribution in [1.82, 2.24) is 20.0 Å². The number of rotatable bonds is 4. The van der Waals surface area contributed by atoms with E-state index in [-0.39, 0.29) is 5.84 Å². The van der Waals surface area contributed by atoms with E-state index in [9.17, 15) is 0 Å². The SMILES string of the molecule is CCc1nnc(-n2cc(Cl)cn2)c(C(=N)N)c1CC. The van der Waals surface area contributed by atoms with Gasteiger partial charge in [0.25, 0.3) is 0 Å². The summed E-state index contributed by atoms with van der Waals surface area (Å²) in [5, 5.41) is 20.7. The van der Waals surface area contributed by atoms with Gasteiger partial charge >= 0.3 is 0 Å². The van der Waals surface area contributed by atoms with Crippen molar-refractivity contribution in [2.75, 3.05) is 0 Å². The van der Waals surface area contributed by atoms with Crippen LogP contribution in [0, 0.1) is 5.41 Å². The molecule has 2 rings (SSSR count).